The molecule has 1 aliphatic rings. The molecule has 4 nitrogen and oxygen atoms in total. The van der Waals surface area contributed by atoms with Crippen LogP contribution in [-0.4, -0.2) is 36.1 Å². The molecule has 0 saturated carbocycles. The van der Waals surface area contributed by atoms with Gasteiger partial charge in [0.25, 0.3) is 0 Å². The number of halogens is 1. The molecule has 2 aromatic rings. The molecule has 0 spiro atoms. The zero-order chi connectivity index (χ0) is 15.7. The van der Waals surface area contributed by atoms with Crippen molar-refractivity contribution >= 4 is 23.1 Å². The normalized spacial score (nSPS) is 15.3. The van der Waals surface area contributed by atoms with Gasteiger partial charge in [0.2, 0.25) is 0 Å². The molecule has 0 unspecified atom stereocenters. The number of benzene rings is 1. The van der Waals surface area contributed by atoms with Gasteiger partial charge in [0, 0.05) is 37.9 Å². The molecule has 0 aliphatic carbocycles. The van der Waals surface area contributed by atoms with Gasteiger partial charge in [0.15, 0.2) is 0 Å². The van der Waals surface area contributed by atoms with Crippen molar-refractivity contribution in [1.82, 2.24) is 9.97 Å². The largest absolute Gasteiger partial charge is 0.368 e. The smallest absolute Gasteiger partial charge is 0.134 e. The van der Waals surface area contributed by atoms with Crippen molar-refractivity contribution in [3.8, 4) is 0 Å². The van der Waals surface area contributed by atoms with Gasteiger partial charge in [-0.3, -0.25) is 0 Å². The molecule has 0 atom stereocenters. The Morgan fingerprint density at radius 1 is 0.955 bits per heavy atom. The minimum atomic E-state index is 0.513. The second-order valence-electron chi connectivity index (χ2n) is 5.79. The van der Waals surface area contributed by atoms with E-state index in [4.69, 9.17) is 11.6 Å². The number of piperazine rings is 1. The Hall–Kier alpha value is -1.81. The molecule has 116 valence electrons. The third-order valence-corrected chi connectivity index (χ3v) is 4.51. The van der Waals surface area contributed by atoms with E-state index >= 15 is 0 Å². The number of hydrogen-bond donors (Lipinski definition) is 0. The first-order valence-corrected chi connectivity index (χ1v) is 7.99. The van der Waals surface area contributed by atoms with Crippen LogP contribution in [0.4, 0.5) is 11.5 Å². The van der Waals surface area contributed by atoms with Gasteiger partial charge in [-0.25, -0.2) is 9.97 Å². The van der Waals surface area contributed by atoms with E-state index in [1.165, 1.54) is 16.8 Å². The molecular formula is C17H21ClN4. The van der Waals surface area contributed by atoms with E-state index < -0.39 is 0 Å². The molecule has 22 heavy (non-hydrogen) atoms. The quantitative estimate of drug-likeness (QED) is 0.795. The van der Waals surface area contributed by atoms with E-state index in [0.29, 0.717) is 5.15 Å². The monoisotopic (exact) mass is 316 g/mol. The maximum absolute atomic E-state index is 6.04. The molecule has 1 aliphatic heterocycles. The Labute approximate surface area is 136 Å². The van der Waals surface area contributed by atoms with Crippen molar-refractivity contribution in [2.75, 3.05) is 36.0 Å². The molecule has 0 N–H and O–H groups in total. The van der Waals surface area contributed by atoms with Gasteiger partial charge in [-0.1, -0.05) is 23.7 Å². The second kappa shape index (κ2) is 6.13. The lowest BCUT2D eigenvalue weighted by atomic mass is 10.1. The summed E-state index contributed by atoms with van der Waals surface area (Å²) in [5, 5.41) is 0.513. The summed E-state index contributed by atoms with van der Waals surface area (Å²) < 4.78 is 0. The van der Waals surface area contributed by atoms with Gasteiger partial charge in [-0.05, 0) is 38.0 Å². The molecule has 0 bridgehead atoms. The maximum atomic E-state index is 6.04. The molecular weight excluding hydrogens is 296 g/mol. The van der Waals surface area contributed by atoms with E-state index in [0.717, 1.165) is 37.8 Å². The zero-order valence-electron chi connectivity index (χ0n) is 13.3. The molecule has 5 heteroatoms. The van der Waals surface area contributed by atoms with Crippen LogP contribution in [0.5, 0.6) is 0 Å². The Morgan fingerprint density at radius 3 is 2.32 bits per heavy atom. The number of aromatic nitrogens is 2. The molecule has 2 heterocycles. The molecule has 1 aromatic heterocycles. The summed E-state index contributed by atoms with van der Waals surface area (Å²) in [6.45, 7) is 10.1. The van der Waals surface area contributed by atoms with Crippen molar-refractivity contribution in [3.63, 3.8) is 0 Å². The van der Waals surface area contributed by atoms with Gasteiger partial charge < -0.3 is 9.80 Å². The Kier molecular flexibility index (Phi) is 4.21. The van der Waals surface area contributed by atoms with Crippen LogP contribution in [0.25, 0.3) is 0 Å². The van der Waals surface area contributed by atoms with Crippen LogP contribution in [0.2, 0.25) is 5.15 Å². The number of hydrogen-bond acceptors (Lipinski definition) is 4. The van der Waals surface area contributed by atoms with Gasteiger partial charge in [0.05, 0.1) is 0 Å². The van der Waals surface area contributed by atoms with Gasteiger partial charge in [0.1, 0.15) is 16.8 Å². The number of anilines is 2. The Bertz CT molecular complexity index is 658. The van der Waals surface area contributed by atoms with E-state index in [1.54, 1.807) is 0 Å². The Morgan fingerprint density at radius 2 is 1.64 bits per heavy atom. The van der Waals surface area contributed by atoms with Crippen LogP contribution in [0.1, 0.15) is 17.0 Å². The molecule has 3 rings (SSSR count). The van der Waals surface area contributed by atoms with Crippen molar-refractivity contribution in [2.24, 2.45) is 0 Å². The standard InChI is InChI=1S/C17H21ClN4/c1-12-5-4-6-15(13(12)2)21-7-9-22(10-8-21)17-11-16(18)19-14(3)20-17/h4-6,11H,7-10H2,1-3H3. The molecule has 0 radical (unpaired) electrons. The predicted octanol–water partition coefficient (Wildman–Crippen LogP) is 3.38. The highest BCUT2D eigenvalue weighted by molar-refractivity contribution is 6.29. The van der Waals surface area contributed by atoms with Crippen LogP contribution >= 0.6 is 11.6 Å². The fourth-order valence-corrected chi connectivity index (χ4v) is 3.15. The minimum absolute atomic E-state index is 0.513. The summed E-state index contributed by atoms with van der Waals surface area (Å²) in [6, 6.07) is 8.37. The first-order chi connectivity index (χ1) is 10.5. The van der Waals surface area contributed by atoms with E-state index in [-0.39, 0.29) is 0 Å². The lowest BCUT2D eigenvalue weighted by molar-refractivity contribution is 0.644. The fourth-order valence-electron chi connectivity index (χ4n) is 2.93. The van der Waals surface area contributed by atoms with Crippen LogP contribution in [0, 0.1) is 20.8 Å². The highest BCUT2D eigenvalue weighted by Crippen LogP contribution is 2.25. The van der Waals surface area contributed by atoms with Gasteiger partial charge in [-0.2, -0.15) is 0 Å². The summed E-state index contributed by atoms with van der Waals surface area (Å²) in [6.07, 6.45) is 0. The van der Waals surface area contributed by atoms with Crippen LogP contribution in [0.3, 0.4) is 0 Å². The zero-order valence-corrected chi connectivity index (χ0v) is 14.1. The fraction of sp³-hybridized carbons (Fsp3) is 0.412. The van der Waals surface area contributed by atoms with E-state index in [1.807, 2.05) is 13.0 Å². The summed E-state index contributed by atoms with van der Waals surface area (Å²) in [4.78, 5) is 13.4. The maximum Gasteiger partial charge on any atom is 0.134 e. The lowest BCUT2D eigenvalue weighted by Gasteiger charge is -2.37. The molecule has 0 amide bonds. The average molecular weight is 317 g/mol. The third-order valence-electron chi connectivity index (χ3n) is 4.31. The summed E-state index contributed by atoms with van der Waals surface area (Å²) in [5.41, 5.74) is 4.06. The van der Waals surface area contributed by atoms with Crippen molar-refractivity contribution in [1.29, 1.82) is 0 Å². The lowest BCUT2D eigenvalue weighted by Crippen LogP contribution is -2.47. The topological polar surface area (TPSA) is 32.3 Å². The van der Waals surface area contributed by atoms with Crippen LogP contribution in [-0.2, 0) is 0 Å². The van der Waals surface area contributed by atoms with Gasteiger partial charge >= 0.3 is 0 Å². The average Bonchev–Trinajstić information content (AvgIpc) is 2.49. The predicted molar refractivity (Wildman–Crippen MR) is 92.1 cm³/mol. The van der Waals surface area contributed by atoms with Gasteiger partial charge in [-0.15, -0.1) is 0 Å². The summed E-state index contributed by atoms with van der Waals surface area (Å²) >= 11 is 6.04. The van der Waals surface area contributed by atoms with Crippen LogP contribution in [0.15, 0.2) is 24.3 Å². The van der Waals surface area contributed by atoms with Crippen molar-refractivity contribution in [2.45, 2.75) is 20.8 Å². The molecule has 1 aromatic carbocycles. The first-order valence-electron chi connectivity index (χ1n) is 7.62. The number of aryl methyl sites for hydroxylation is 2. The highest BCUT2D eigenvalue weighted by atomic mass is 35.5. The number of nitrogens with zero attached hydrogens (tertiary/aromatic N) is 4. The SMILES string of the molecule is Cc1nc(Cl)cc(N2CCN(c3cccc(C)c3C)CC2)n1. The summed E-state index contributed by atoms with van der Waals surface area (Å²) in [7, 11) is 0. The van der Waals surface area contributed by atoms with Crippen molar-refractivity contribution < 1.29 is 0 Å². The first kappa shape index (κ1) is 15.1. The minimum Gasteiger partial charge on any atom is -0.368 e. The second-order valence-corrected chi connectivity index (χ2v) is 6.18. The third kappa shape index (κ3) is 3.02. The highest BCUT2D eigenvalue weighted by Gasteiger charge is 2.20. The Balaban J connectivity index is 1.73. The van der Waals surface area contributed by atoms with E-state index in [9.17, 15) is 0 Å². The number of rotatable bonds is 2. The van der Waals surface area contributed by atoms with E-state index in [2.05, 4.69) is 51.8 Å². The van der Waals surface area contributed by atoms with Crippen molar-refractivity contribution in [3.05, 3.63) is 46.4 Å². The van der Waals surface area contributed by atoms with Crippen LogP contribution < -0.4 is 9.80 Å². The molecule has 1 fully saturated rings. The molecule has 1 saturated heterocycles. The summed E-state index contributed by atoms with van der Waals surface area (Å²) in [5.74, 6) is 1.65.